The largest absolute Gasteiger partial charge is 0.452 e. The Morgan fingerprint density at radius 2 is 1.90 bits per heavy atom. The predicted octanol–water partition coefficient (Wildman–Crippen LogP) is 3.03. The number of esters is 1. The fourth-order valence-corrected chi connectivity index (χ4v) is 2.73. The molecule has 0 aromatic heterocycles. The molecule has 2 rings (SSSR count). The normalized spacial score (nSPS) is 11.4. The van der Waals surface area contributed by atoms with Gasteiger partial charge in [0, 0.05) is 38.5 Å². The second-order valence-electron chi connectivity index (χ2n) is 6.57. The van der Waals surface area contributed by atoms with Crippen LogP contribution < -0.4 is 5.32 Å². The molecule has 0 heterocycles. The number of anilines is 1. The number of carbonyl (C=O) groups is 2. The van der Waals surface area contributed by atoms with Crippen LogP contribution >= 0.6 is 0 Å². The number of hydrogen-bond donors (Lipinski definition) is 1. The van der Waals surface area contributed by atoms with Crippen molar-refractivity contribution in [1.29, 1.82) is 0 Å². The number of hydrogen-bond acceptors (Lipinski definition) is 7. The van der Waals surface area contributed by atoms with Crippen LogP contribution in [0.3, 0.4) is 0 Å². The number of nitro benzene ring substituents is 1. The highest BCUT2D eigenvalue weighted by Crippen LogP contribution is 2.23. The minimum absolute atomic E-state index is 0.0214. The van der Waals surface area contributed by atoms with Gasteiger partial charge < -0.3 is 19.7 Å². The van der Waals surface area contributed by atoms with Gasteiger partial charge in [-0.2, -0.15) is 0 Å². The number of likely N-dealkylation sites (N-methyl/N-ethyl adjacent to an activating group) is 1. The van der Waals surface area contributed by atoms with Crippen LogP contribution in [0.2, 0.25) is 0 Å². The van der Waals surface area contributed by atoms with Crippen molar-refractivity contribution >= 4 is 23.3 Å². The summed E-state index contributed by atoms with van der Waals surface area (Å²) >= 11 is 0. The van der Waals surface area contributed by atoms with Crippen molar-refractivity contribution in [2.24, 2.45) is 0 Å². The third-order valence-electron chi connectivity index (χ3n) is 4.64. The highest BCUT2D eigenvalue weighted by Gasteiger charge is 2.22. The summed E-state index contributed by atoms with van der Waals surface area (Å²) in [6.07, 6.45) is 0. The number of benzene rings is 2. The maximum absolute atomic E-state index is 12.6. The van der Waals surface area contributed by atoms with E-state index < -0.39 is 17.5 Å². The molecule has 0 aliphatic carbocycles. The standard InChI is InChI=1S/C21H25N3O6/c1-15(16-7-5-4-6-8-16)23(2)20(25)14-30-21(26)18-13-17(24(27)28)9-10-19(18)22-11-12-29-3/h4-10,13,15,22H,11-12,14H2,1-3H3/t15-/m0/s1. The summed E-state index contributed by atoms with van der Waals surface area (Å²) in [5.41, 5.74) is 1.04. The van der Waals surface area contributed by atoms with E-state index in [9.17, 15) is 19.7 Å². The van der Waals surface area contributed by atoms with Crippen LogP contribution in [-0.2, 0) is 14.3 Å². The Morgan fingerprint density at radius 1 is 1.20 bits per heavy atom. The van der Waals surface area contributed by atoms with Gasteiger partial charge in [0.1, 0.15) is 0 Å². The maximum Gasteiger partial charge on any atom is 0.341 e. The first-order valence-electron chi connectivity index (χ1n) is 9.34. The molecule has 0 spiro atoms. The zero-order valence-electron chi connectivity index (χ0n) is 17.2. The molecule has 9 heteroatoms. The summed E-state index contributed by atoms with van der Waals surface area (Å²) in [5, 5.41) is 14.0. The lowest BCUT2D eigenvalue weighted by Gasteiger charge is -2.25. The van der Waals surface area contributed by atoms with E-state index in [4.69, 9.17) is 9.47 Å². The lowest BCUT2D eigenvalue weighted by Crippen LogP contribution is -2.33. The molecule has 160 valence electrons. The number of nitrogens with zero attached hydrogens (tertiary/aromatic N) is 2. The molecule has 0 saturated heterocycles. The van der Waals surface area contributed by atoms with Crippen molar-refractivity contribution in [1.82, 2.24) is 4.90 Å². The Morgan fingerprint density at radius 3 is 2.53 bits per heavy atom. The lowest BCUT2D eigenvalue weighted by atomic mass is 10.1. The zero-order chi connectivity index (χ0) is 22.1. The smallest absolute Gasteiger partial charge is 0.341 e. The van der Waals surface area contributed by atoms with E-state index in [2.05, 4.69) is 5.32 Å². The van der Waals surface area contributed by atoms with Gasteiger partial charge in [-0.1, -0.05) is 30.3 Å². The highest BCUT2D eigenvalue weighted by molar-refractivity contribution is 5.97. The SMILES string of the molecule is COCCNc1ccc([N+](=O)[O-])cc1C(=O)OCC(=O)N(C)[C@@H](C)c1ccccc1. The second kappa shape index (κ2) is 10.9. The summed E-state index contributed by atoms with van der Waals surface area (Å²) in [6, 6.07) is 13.1. The van der Waals surface area contributed by atoms with E-state index in [1.807, 2.05) is 37.3 Å². The molecule has 0 unspecified atom stereocenters. The van der Waals surface area contributed by atoms with E-state index in [1.54, 1.807) is 7.05 Å². The lowest BCUT2D eigenvalue weighted by molar-refractivity contribution is -0.384. The van der Waals surface area contributed by atoms with E-state index in [0.717, 1.165) is 11.6 Å². The Hall–Kier alpha value is -3.46. The molecule has 1 amide bonds. The van der Waals surface area contributed by atoms with Gasteiger partial charge in [-0.3, -0.25) is 14.9 Å². The second-order valence-corrected chi connectivity index (χ2v) is 6.57. The summed E-state index contributed by atoms with van der Waals surface area (Å²) in [5.74, 6) is -1.22. The third kappa shape index (κ3) is 6.02. The molecule has 30 heavy (non-hydrogen) atoms. The van der Waals surface area contributed by atoms with E-state index >= 15 is 0 Å². The minimum atomic E-state index is -0.826. The summed E-state index contributed by atoms with van der Waals surface area (Å²) < 4.78 is 10.1. The van der Waals surface area contributed by atoms with Crippen LogP contribution in [0.5, 0.6) is 0 Å². The van der Waals surface area contributed by atoms with Gasteiger partial charge in [0.25, 0.3) is 11.6 Å². The van der Waals surface area contributed by atoms with Crippen LogP contribution in [0, 0.1) is 10.1 Å². The molecule has 0 bridgehead atoms. The monoisotopic (exact) mass is 415 g/mol. The van der Waals surface area contributed by atoms with Crippen molar-refractivity contribution in [3.63, 3.8) is 0 Å². The number of nitro groups is 1. The van der Waals surface area contributed by atoms with Crippen LogP contribution in [0.15, 0.2) is 48.5 Å². The molecular formula is C21H25N3O6. The zero-order valence-corrected chi connectivity index (χ0v) is 17.2. The van der Waals surface area contributed by atoms with Gasteiger partial charge in [-0.15, -0.1) is 0 Å². The topological polar surface area (TPSA) is 111 Å². The Bertz CT molecular complexity index is 888. The average molecular weight is 415 g/mol. The van der Waals surface area contributed by atoms with E-state index in [-0.39, 0.29) is 23.2 Å². The fourth-order valence-electron chi connectivity index (χ4n) is 2.73. The molecule has 0 aliphatic rings. The van der Waals surface area contributed by atoms with Gasteiger partial charge in [0.2, 0.25) is 0 Å². The number of non-ortho nitro benzene ring substituents is 1. The number of rotatable bonds is 10. The van der Waals surface area contributed by atoms with E-state index in [0.29, 0.717) is 18.8 Å². The first kappa shape index (κ1) is 22.8. The molecule has 0 radical (unpaired) electrons. The molecule has 0 saturated carbocycles. The van der Waals surface area contributed by atoms with Gasteiger partial charge in [0.15, 0.2) is 6.61 Å². The molecule has 9 nitrogen and oxygen atoms in total. The number of ether oxygens (including phenoxy) is 2. The fraction of sp³-hybridized carbons (Fsp3) is 0.333. The third-order valence-corrected chi connectivity index (χ3v) is 4.64. The predicted molar refractivity (Wildman–Crippen MR) is 111 cm³/mol. The van der Waals surface area contributed by atoms with Gasteiger partial charge in [0.05, 0.1) is 23.1 Å². The van der Waals surface area contributed by atoms with Crippen LogP contribution in [-0.4, -0.2) is 55.6 Å². The van der Waals surface area contributed by atoms with E-state index in [1.165, 1.54) is 24.1 Å². The summed E-state index contributed by atoms with van der Waals surface area (Å²) in [4.78, 5) is 37.0. The first-order chi connectivity index (χ1) is 14.3. The van der Waals surface area contributed by atoms with Crippen molar-refractivity contribution in [2.45, 2.75) is 13.0 Å². The summed E-state index contributed by atoms with van der Waals surface area (Å²) in [6.45, 7) is 2.16. The molecule has 2 aromatic carbocycles. The van der Waals surface area contributed by atoms with Crippen molar-refractivity contribution < 1.29 is 24.0 Å². The molecular weight excluding hydrogens is 390 g/mol. The van der Waals surface area contributed by atoms with Crippen molar-refractivity contribution in [3.8, 4) is 0 Å². The quantitative estimate of drug-likeness (QED) is 0.275. The van der Waals surface area contributed by atoms with Gasteiger partial charge in [-0.05, 0) is 18.6 Å². The summed E-state index contributed by atoms with van der Waals surface area (Å²) in [7, 11) is 3.16. The number of methoxy groups -OCH3 is 1. The van der Waals surface area contributed by atoms with Crippen LogP contribution in [0.4, 0.5) is 11.4 Å². The molecule has 1 N–H and O–H groups in total. The Kier molecular flexibility index (Phi) is 8.30. The molecule has 0 aliphatic heterocycles. The molecule has 2 aromatic rings. The molecule has 0 fully saturated rings. The van der Waals surface area contributed by atoms with Crippen molar-refractivity contribution in [3.05, 3.63) is 69.8 Å². The van der Waals surface area contributed by atoms with Gasteiger partial charge >= 0.3 is 5.97 Å². The maximum atomic E-state index is 12.6. The van der Waals surface area contributed by atoms with Crippen LogP contribution in [0.25, 0.3) is 0 Å². The number of carbonyl (C=O) groups excluding carboxylic acids is 2. The average Bonchev–Trinajstić information content (AvgIpc) is 2.76. The number of amides is 1. The highest BCUT2D eigenvalue weighted by atomic mass is 16.6. The van der Waals surface area contributed by atoms with Gasteiger partial charge in [-0.25, -0.2) is 4.79 Å². The van der Waals surface area contributed by atoms with Crippen LogP contribution in [0.1, 0.15) is 28.9 Å². The minimum Gasteiger partial charge on any atom is -0.452 e. The Labute approximate surface area is 174 Å². The number of nitrogens with one attached hydrogen (secondary N) is 1. The Balaban J connectivity index is 2.07. The first-order valence-corrected chi connectivity index (χ1v) is 9.34. The van der Waals surface area contributed by atoms with Crippen molar-refractivity contribution in [2.75, 3.05) is 39.2 Å². The molecule has 1 atom stereocenters.